The number of hydrogen-bond donors (Lipinski definition) is 1. The lowest BCUT2D eigenvalue weighted by molar-refractivity contribution is 0.483. The van der Waals surface area contributed by atoms with Gasteiger partial charge in [0, 0.05) is 0 Å². The van der Waals surface area contributed by atoms with Crippen molar-refractivity contribution in [3.8, 4) is 11.1 Å². The van der Waals surface area contributed by atoms with Crippen LogP contribution in [0, 0.1) is 6.92 Å². The molecule has 0 aromatic heterocycles. The Labute approximate surface area is 100 Å². The average molecular weight is 248 g/mol. The van der Waals surface area contributed by atoms with Gasteiger partial charge < -0.3 is 0 Å². The number of aryl methyl sites for hydroxylation is 1. The molecule has 2 aromatic rings. The molecule has 0 saturated heterocycles. The summed E-state index contributed by atoms with van der Waals surface area (Å²) < 4.78 is 30.6. The van der Waals surface area contributed by atoms with Gasteiger partial charge >= 0.3 is 0 Å². The first-order valence-corrected chi connectivity index (χ1v) is 6.55. The van der Waals surface area contributed by atoms with Crippen LogP contribution in [0.15, 0.2) is 53.4 Å². The van der Waals surface area contributed by atoms with Crippen molar-refractivity contribution in [1.82, 2.24) is 0 Å². The Morgan fingerprint density at radius 2 is 1.24 bits per heavy atom. The van der Waals surface area contributed by atoms with Gasteiger partial charge in [0.1, 0.15) is 0 Å². The van der Waals surface area contributed by atoms with Crippen LogP contribution in [0.3, 0.4) is 0 Å². The maximum atomic E-state index is 10.9. The summed E-state index contributed by atoms with van der Waals surface area (Å²) >= 11 is 0. The van der Waals surface area contributed by atoms with Crippen molar-refractivity contribution in [2.45, 2.75) is 11.8 Å². The Kier molecular flexibility index (Phi) is 3.00. The zero-order valence-corrected chi connectivity index (χ0v) is 10.1. The van der Waals surface area contributed by atoms with Crippen molar-refractivity contribution < 1.29 is 13.0 Å². The van der Waals surface area contributed by atoms with Crippen LogP contribution in [0.1, 0.15) is 5.56 Å². The third-order valence-corrected chi connectivity index (χ3v) is 3.40. The molecule has 0 aliphatic carbocycles. The van der Waals surface area contributed by atoms with Gasteiger partial charge in [-0.05, 0) is 30.2 Å². The van der Waals surface area contributed by atoms with Gasteiger partial charge in [-0.25, -0.2) is 0 Å². The van der Waals surface area contributed by atoms with Crippen LogP contribution in [-0.2, 0) is 10.1 Å². The molecule has 1 N–H and O–H groups in total. The summed E-state index contributed by atoms with van der Waals surface area (Å²) in [5.41, 5.74) is 3.10. The van der Waals surface area contributed by atoms with Crippen molar-refractivity contribution in [2.75, 3.05) is 0 Å². The molecular weight excluding hydrogens is 236 g/mol. The van der Waals surface area contributed by atoms with Crippen molar-refractivity contribution in [3.63, 3.8) is 0 Å². The fourth-order valence-corrected chi connectivity index (χ4v) is 2.05. The molecular formula is C13H12O3S. The molecule has 3 nitrogen and oxygen atoms in total. The molecule has 0 fully saturated rings. The quantitative estimate of drug-likeness (QED) is 0.831. The molecule has 0 spiro atoms. The first kappa shape index (κ1) is 11.8. The third-order valence-electron chi connectivity index (χ3n) is 2.54. The minimum atomic E-state index is -4.11. The molecule has 4 heteroatoms. The molecule has 2 aromatic carbocycles. The second-order valence-electron chi connectivity index (χ2n) is 3.87. The predicted octanol–water partition coefficient (Wildman–Crippen LogP) is 2.91. The highest BCUT2D eigenvalue weighted by Crippen LogP contribution is 2.21. The van der Waals surface area contributed by atoms with Crippen LogP contribution < -0.4 is 0 Å². The molecule has 0 unspecified atom stereocenters. The molecule has 0 saturated carbocycles. The van der Waals surface area contributed by atoms with Crippen LogP contribution >= 0.6 is 0 Å². The van der Waals surface area contributed by atoms with E-state index >= 15 is 0 Å². The molecule has 0 atom stereocenters. The maximum absolute atomic E-state index is 10.9. The largest absolute Gasteiger partial charge is 0.294 e. The normalized spacial score (nSPS) is 11.4. The highest BCUT2D eigenvalue weighted by molar-refractivity contribution is 7.85. The molecule has 17 heavy (non-hydrogen) atoms. The highest BCUT2D eigenvalue weighted by atomic mass is 32.2. The van der Waals surface area contributed by atoms with E-state index in [4.69, 9.17) is 4.55 Å². The van der Waals surface area contributed by atoms with E-state index in [1.165, 1.54) is 17.7 Å². The number of rotatable bonds is 2. The zero-order chi connectivity index (χ0) is 12.5. The van der Waals surface area contributed by atoms with Gasteiger partial charge in [0.25, 0.3) is 10.1 Å². The third kappa shape index (κ3) is 2.72. The first-order valence-electron chi connectivity index (χ1n) is 5.11. The summed E-state index contributed by atoms with van der Waals surface area (Å²) in [5, 5.41) is 0. The van der Waals surface area contributed by atoms with Crippen LogP contribution in [-0.4, -0.2) is 13.0 Å². The first-order chi connectivity index (χ1) is 7.97. The summed E-state index contributed by atoms with van der Waals surface area (Å²) in [7, 11) is -4.11. The average Bonchev–Trinajstić information content (AvgIpc) is 2.29. The standard InChI is InChI=1S/C13H12O3S/c1-10-2-4-11(5-3-10)12-6-8-13(9-7-12)17(14,15)16/h2-9H,1H3,(H,14,15,16). The van der Waals surface area contributed by atoms with E-state index < -0.39 is 10.1 Å². The number of benzene rings is 2. The van der Waals surface area contributed by atoms with Gasteiger partial charge in [0.05, 0.1) is 4.90 Å². The van der Waals surface area contributed by atoms with Crippen LogP contribution in [0.5, 0.6) is 0 Å². The lowest BCUT2D eigenvalue weighted by atomic mass is 10.0. The molecule has 0 aliphatic heterocycles. The Hall–Kier alpha value is -1.65. The van der Waals surface area contributed by atoms with Gasteiger partial charge in [-0.15, -0.1) is 0 Å². The summed E-state index contributed by atoms with van der Waals surface area (Å²) in [5.74, 6) is 0. The smallest absolute Gasteiger partial charge is 0.282 e. The molecule has 2 rings (SSSR count). The van der Waals surface area contributed by atoms with Gasteiger partial charge in [0.15, 0.2) is 0 Å². The zero-order valence-electron chi connectivity index (χ0n) is 9.29. The van der Waals surface area contributed by atoms with Crippen LogP contribution in [0.25, 0.3) is 11.1 Å². The van der Waals surface area contributed by atoms with Crippen LogP contribution in [0.2, 0.25) is 0 Å². The summed E-state index contributed by atoms with van der Waals surface area (Å²) in [4.78, 5) is -0.0895. The maximum Gasteiger partial charge on any atom is 0.294 e. The van der Waals surface area contributed by atoms with E-state index in [1.54, 1.807) is 12.1 Å². The Morgan fingerprint density at radius 1 is 0.824 bits per heavy atom. The van der Waals surface area contributed by atoms with Crippen molar-refractivity contribution >= 4 is 10.1 Å². The van der Waals surface area contributed by atoms with E-state index in [9.17, 15) is 8.42 Å². The Morgan fingerprint density at radius 3 is 1.65 bits per heavy atom. The fourth-order valence-electron chi connectivity index (χ4n) is 1.57. The van der Waals surface area contributed by atoms with Crippen molar-refractivity contribution in [3.05, 3.63) is 54.1 Å². The summed E-state index contributed by atoms with van der Waals surface area (Å²) in [6, 6.07) is 14.1. The van der Waals surface area contributed by atoms with E-state index in [2.05, 4.69) is 0 Å². The second kappa shape index (κ2) is 4.31. The molecule has 0 amide bonds. The Bertz CT molecular complexity index is 611. The van der Waals surface area contributed by atoms with Gasteiger partial charge in [0.2, 0.25) is 0 Å². The lowest BCUT2D eigenvalue weighted by Crippen LogP contribution is -1.97. The highest BCUT2D eigenvalue weighted by Gasteiger charge is 2.08. The molecule has 0 heterocycles. The molecule has 0 radical (unpaired) electrons. The molecule has 0 aliphatic rings. The van der Waals surface area contributed by atoms with Gasteiger partial charge in [-0.2, -0.15) is 8.42 Å². The van der Waals surface area contributed by atoms with Crippen LogP contribution in [0.4, 0.5) is 0 Å². The van der Waals surface area contributed by atoms with Gasteiger partial charge in [-0.1, -0.05) is 42.0 Å². The minimum Gasteiger partial charge on any atom is -0.282 e. The lowest BCUT2D eigenvalue weighted by Gasteiger charge is -2.03. The SMILES string of the molecule is Cc1ccc(-c2ccc(S(=O)(=O)O)cc2)cc1. The van der Waals surface area contributed by atoms with Crippen molar-refractivity contribution in [1.29, 1.82) is 0 Å². The summed E-state index contributed by atoms with van der Waals surface area (Å²) in [6.45, 7) is 2.01. The number of hydrogen-bond acceptors (Lipinski definition) is 2. The van der Waals surface area contributed by atoms with E-state index in [-0.39, 0.29) is 4.90 Å². The van der Waals surface area contributed by atoms with Gasteiger partial charge in [-0.3, -0.25) is 4.55 Å². The summed E-state index contributed by atoms with van der Waals surface area (Å²) in [6.07, 6.45) is 0. The van der Waals surface area contributed by atoms with E-state index in [0.29, 0.717) is 0 Å². The predicted molar refractivity (Wildman–Crippen MR) is 66.4 cm³/mol. The molecule has 88 valence electrons. The minimum absolute atomic E-state index is 0.0895. The Balaban J connectivity index is 2.39. The van der Waals surface area contributed by atoms with Crippen molar-refractivity contribution in [2.24, 2.45) is 0 Å². The topological polar surface area (TPSA) is 54.4 Å². The van der Waals surface area contributed by atoms with E-state index in [1.807, 2.05) is 31.2 Å². The fraction of sp³-hybridized carbons (Fsp3) is 0.0769. The molecule has 0 bridgehead atoms. The monoisotopic (exact) mass is 248 g/mol. The van der Waals surface area contributed by atoms with E-state index in [0.717, 1.165) is 11.1 Å². The second-order valence-corrected chi connectivity index (χ2v) is 5.29.